The minimum atomic E-state index is -0.392. The Morgan fingerprint density at radius 1 is 1.37 bits per heavy atom. The van der Waals surface area contributed by atoms with E-state index in [1.54, 1.807) is 0 Å². The van der Waals surface area contributed by atoms with Crippen molar-refractivity contribution in [3.8, 4) is 5.75 Å². The van der Waals surface area contributed by atoms with Gasteiger partial charge in [-0.2, -0.15) is 0 Å². The third-order valence-corrected chi connectivity index (χ3v) is 3.30. The number of esters is 1. The van der Waals surface area contributed by atoms with Gasteiger partial charge in [-0.25, -0.2) is 0 Å². The second-order valence-corrected chi connectivity index (χ2v) is 5.05. The van der Waals surface area contributed by atoms with Crippen LogP contribution in [0.15, 0.2) is 18.2 Å². The number of hydrogen-bond acceptors (Lipinski definition) is 4. The Labute approximate surface area is 114 Å². The number of benzene rings is 1. The number of rotatable bonds is 6. The maximum atomic E-state index is 11.7. The first kappa shape index (κ1) is 13.9. The van der Waals surface area contributed by atoms with Gasteiger partial charge in [0.25, 0.3) is 0 Å². The molecule has 4 nitrogen and oxygen atoms in total. The molecular formula is C15H21NO3. The van der Waals surface area contributed by atoms with E-state index in [0.717, 1.165) is 29.7 Å². The molecule has 0 aliphatic heterocycles. The quantitative estimate of drug-likeness (QED) is 0.797. The molecule has 0 bridgehead atoms. The van der Waals surface area contributed by atoms with Crippen LogP contribution in [0, 0.1) is 13.8 Å². The lowest BCUT2D eigenvalue weighted by molar-refractivity contribution is -0.144. The Bertz CT molecular complexity index is 434. The number of nitrogens with one attached hydrogen (secondary N) is 1. The van der Waals surface area contributed by atoms with Crippen molar-refractivity contribution >= 4 is 5.97 Å². The van der Waals surface area contributed by atoms with Gasteiger partial charge in [-0.15, -0.1) is 0 Å². The molecule has 1 saturated carbocycles. The van der Waals surface area contributed by atoms with Gasteiger partial charge in [0.1, 0.15) is 18.4 Å². The summed E-state index contributed by atoms with van der Waals surface area (Å²) < 4.78 is 10.6. The molecule has 1 fully saturated rings. The van der Waals surface area contributed by atoms with Crippen LogP contribution in [0.4, 0.5) is 0 Å². The highest BCUT2D eigenvalue weighted by atomic mass is 16.5. The van der Waals surface area contributed by atoms with Crippen LogP contribution >= 0.6 is 0 Å². The average molecular weight is 263 g/mol. The highest BCUT2D eigenvalue weighted by Crippen LogP contribution is 2.23. The molecule has 0 heterocycles. The molecule has 19 heavy (non-hydrogen) atoms. The molecule has 1 aromatic rings. The van der Waals surface area contributed by atoms with E-state index in [1.165, 1.54) is 7.11 Å². The molecular weight excluding hydrogens is 242 g/mol. The minimum Gasteiger partial charge on any atom is -0.491 e. The van der Waals surface area contributed by atoms with Gasteiger partial charge in [0.15, 0.2) is 0 Å². The number of methoxy groups -OCH3 is 1. The van der Waals surface area contributed by atoms with E-state index >= 15 is 0 Å². The van der Waals surface area contributed by atoms with Crippen LogP contribution < -0.4 is 10.1 Å². The van der Waals surface area contributed by atoms with Crippen molar-refractivity contribution in [2.45, 2.75) is 38.8 Å². The fourth-order valence-corrected chi connectivity index (χ4v) is 2.05. The van der Waals surface area contributed by atoms with Crippen molar-refractivity contribution in [2.75, 3.05) is 13.7 Å². The number of ether oxygens (including phenoxy) is 2. The first-order valence-corrected chi connectivity index (χ1v) is 6.64. The van der Waals surface area contributed by atoms with Crippen LogP contribution in [0.25, 0.3) is 0 Å². The van der Waals surface area contributed by atoms with E-state index < -0.39 is 6.04 Å². The lowest BCUT2D eigenvalue weighted by atomic mass is 10.1. The molecule has 0 amide bonds. The molecule has 0 radical (unpaired) electrons. The molecule has 1 unspecified atom stereocenters. The van der Waals surface area contributed by atoms with Gasteiger partial charge in [-0.05, 0) is 37.8 Å². The fraction of sp³-hybridized carbons (Fsp3) is 0.533. The van der Waals surface area contributed by atoms with Crippen molar-refractivity contribution < 1.29 is 14.3 Å². The van der Waals surface area contributed by atoms with Crippen LogP contribution in [-0.2, 0) is 9.53 Å². The number of carbonyl (C=O) groups is 1. The molecule has 0 aromatic heterocycles. The molecule has 1 aliphatic rings. The maximum absolute atomic E-state index is 11.7. The highest BCUT2D eigenvalue weighted by Gasteiger charge is 2.29. The number of aryl methyl sites for hydroxylation is 2. The van der Waals surface area contributed by atoms with Crippen LogP contribution in [0.5, 0.6) is 5.75 Å². The molecule has 4 heteroatoms. The summed E-state index contributed by atoms with van der Waals surface area (Å²) in [5.41, 5.74) is 2.16. The Kier molecular flexibility index (Phi) is 4.43. The van der Waals surface area contributed by atoms with Crippen molar-refractivity contribution in [3.63, 3.8) is 0 Å². The van der Waals surface area contributed by atoms with Crippen LogP contribution in [0.2, 0.25) is 0 Å². The van der Waals surface area contributed by atoms with Gasteiger partial charge >= 0.3 is 5.97 Å². The van der Waals surface area contributed by atoms with Crippen molar-refractivity contribution in [1.82, 2.24) is 5.32 Å². The zero-order chi connectivity index (χ0) is 13.8. The summed E-state index contributed by atoms with van der Waals surface area (Å²) in [4.78, 5) is 11.7. The topological polar surface area (TPSA) is 47.6 Å². The normalized spacial score (nSPS) is 15.9. The predicted octanol–water partition coefficient (Wildman–Crippen LogP) is 1.98. The molecule has 2 rings (SSSR count). The van der Waals surface area contributed by atoms with E-state index in [9.17, 15) is 4.79 Å². The zero-order valence-electron chi connectivity index (χ0n) is 11.7. The molecule has 0 saturated heterocycles. The lowest BCUT2D eigenvalue weighted by Gasteiger charge is -2.18. The first-order valence-electron chi connectivity index (χ1n) is 6.64. The van der Waals surface area contributed by atoms with E-state index in [-0.39, 0.29) is 5.97 Å². The summed E-state index contributed by atoms with van der Waals surface area (Å²) in [6.45, 7) is 4.31. The summed E-state index contributed by atoms with van der Waals surface area (Å²) in [6, 6.07) is 6.05. The Morgan fingerprint density at radius 2 is 2.00 bits per heavy atom. The SMILES string of the molecule is COC(=O)C(COc1c(C)cccc1C)NC1CC1. The molecule has 1 atom stereocenters. The molecule has 104 valence electrons. The number of carbonyl (C=O) groups excluding carboxylic acids is 1. The summed E-state index contributed by atoms with van der Waals surface area (Å²) in [5.74, 6) is 0.590. The Morgan fingerprint density at radius 3 is 2.53 bits per heavy atom. The van der Waals surface area contributed by atoms with Gasteiger partial charge in [0, 0.05) is 6.04 Å². The summed E-state index contributed by atoms with van der Waals surface area (Å²) in [6.07, 6.45) is 2.24. The smallest absolute Gasteiger partial charge is 0.326 e. The number of para-hydroxylation sites is 1. The van der Waals surface area contributed by atoms with Gasteiger partial charge in [-0.1, -0.05) is 18.2 Å². The van der Waals surface area contributed by atoms with E-state index in [2.05, 4.69) is 5.32 Å². The standard InChI is InChI=1S/C15H21NO3/c1-10-5-4-6-11(2)14(10)19-9-13(15(17)18-3)16-12-7-8-12/h4-6,12-13,16H,7-9H2,1-3H3. The fourth-order valence-electron chi connectivity index (χ4n) is 2.05. The second kappa shape index (κ2) is 6.06. The molecule has 1 N–H and O–H groups in total. The van der Waals surface area contributed by atoms with Crippen LogP contribution in [0.1, 0.15) is 24.0 Å². The van der Waals surface area contributed by atoms with Gasteiger partial charge in [0.05, 0.1) is 7.11 Å². The van der Waals surface area contributed by atoms with Crippen molar-refractivity contribution in [3.05, 3.63) is 29.3 Å². The average Bonchev–Trinajstić information content (AvgIpc) is 3.19. The van der Waals surface area contributed by atoms with Crippen LogP contribution in [-0.4, -0.2) is 31.8 Å². The van der Waals surface area contributed by atoms with Crippen molar-refractivity contribution in [2.24, 2.45) is 0 Å². The Hall–Kier alpha value is -1.55. The monoisotopic (exact) mass is 263 g/mol. The van der Waals surface area contributed by atoms with Gasteiger partial charge in [-0.3, -0.25) is 10.1 Å². The summed E-state index contributed by atoms with van der Waals surface area (Å²) >= 11 is 0. The second-order valence-electron chi connectivity index (χ2n) is 5.05. The molecule has 1 aliphatic carbocycles. The van der Waals surface area contributed by atoms with E-state index in [1.807, 2.05) is 32.0 Å². The van der Waals surface area contributed by atoms with Crippen LogP contribution in [0.3, 0.4) is 0 Å². The summed E-state index contributed by atoms with van der Waals surface area (Å²) in [5, 5.41) is 3.25. The maximum Gasteiger partial charge on any atom is 0.326 e. The predicted molar refractivity (Wildman–Crippen MR) is 73.4 cm³/mol. The zero-order valence-corrected chi connectivity index (χ0v) is 11.7. The van der Waals surface area contributed by atoms with Gasteiger partial charge in [0.2, 0.25) is 0 Å². The molecule has 1 aromatic carbocycles. The Balaban J connectivity index is 1.99. The molecule has 0 spiro atoms. The minimum absolute atomic E-state index is 0.266. The third kappa shape index (κ3) is 3.70. The number of hydrogen-bond donors (Lipinski definition) is 1. The van der Waals surface area contributed by atoms with Gasteiger partial charge < -0.3 is 9.47 Å². The van der Waals surface area contributed by atoms with E-state index in [0.29, 0.717) is 12.6 Å². The van der Waals surface area contributed by atoms with E-state index in [4.69, 9.17) is 9.47 Å². The third-order valence-electron chi connectivity index (χ3n) is 3.30. The van der Waals surface area contributed by atoms with Crippen molar-refractivity contribution in [1.29, 1.82) is 0 Å². The lowest BCUT2D eigenvalue weighted by Crippen LogP contribution is -2.43. The summed E-state index contributed by atoms with van der Waals surface area (Å²) in [7, 11) is 1.41. The highest BCUT2D eigenvalue weighted by molar-refractivity contribution is 5.76. The largest absolute Gasteiger partial charge is 0.491 e. The first-order chi connectivity index (χ1) is 9.11.